The van der Waals surface area contributed by atoms with Gasteiger partial charge in [0.25, 0.3) is 0 Å². The van der Waals surface area contributed by atoms with Crippen molar-refractivity contribution in [3.05, 3.63) is 0 Å². The molecule has 1 N–H and O–H groups in total. The number of rotatable bonds is 0. The lowest BCUT2D eigenvalue weighted by molar-refractivity contribution is -0.121. The second-order valence-corrected chi connectivity index (χ2v) is 9.23. The van der Waals surface area contributed by atoms with Crippen molar-refractivity contribution in [1.82, 2.24) is 5.32 Å². The van der Waals surface area contributed by atoms with Gasteiger partial charge in [-0.25, -0.2) is 0 Å². The van der Waals surface area contributed by atoms with Gasteiger partial charge in [-0.3, -0.25) is 4.79 Å². The first-order chi connectivity index (χ1) is 13.9. The van der Waals surface area contributed by atoms with Crippen LogP contribution >= 0.6 is 0 Å². The van der Waals surface area contributed by atoms with Gasteiger partial charge in [0.15, 0.2) is 0 Å². The van der Waals surface area contributed by atoms with Crippen molar-refractivity contribution in [3.8, 4) is 0 Å². The van der Waals surface area contributed by atoms with Gasteiger partial charge >= 0.3 is 0 Å². The van der Waals surface area contributed by atoms with Gasteiger partial charge in [-0.2, -0.15) is 0 Å². The SMILES string of the molecule is O=C1CCCCCCCCCCCCCCCCCCCCCCCCCN1. The van der Waals surface area contributed by atoms with Crippen molar-refractivity contribution in [2.24, 2.45) is 0 Å². The summed E-state index contributed by atoms with van der Waals surface area (Å²) in [5, 5.41) is 3.11. The Morgan fingerprint density at radius 2 is 0.607 bits per heavy atom. The molecular formula is C26H51NO. The molecule has 0 aromatic heterocycles. The molecule has 1 aliphatic heterocycles. The first kappa shape index (κ1) is 25.5. The zero-order valence-corrected chi connectivity index (χ0v) is 19.1. The molecule has 0 atom stereocenters. The second-order valence-electron chi connectivity index (χ2n) is 9.23. The summed E-state index contributed by atoms with van der Waals surface area (Å²) in [6.07, 6.45) is 32.5. The highest BCUT2D eigenvalue weighted by Crippen LogP contribution is 2.15. The van der Waals surface area contributed by atoms with Gasteiger partial charge in [0.05, 0.1) is 0 Å². The van der Waals surface area contributed by atoms with E-state index in [1.54, 1.807) is 0 Å². The van der Waals surface area contributed by atoms with Gasteiger partial charge in [-0.15, -0.1) is 0 Å². The zero-order chi connectivity index (χ0) is 20.0. The van der Waals surface area contributed by atoms with Crippen molar-refractivity contribution in [3.63, 3.8) is 0 Å². The molecule has 166 valence electrons. The smallest absolute Gasteiger partial charge is 0.219 e. The fraction of sp³-hybridized carbons (Fsp3) is 0.962. The van der Waals surface area contributed by atoms with Crippen molar-refractivity contribution < 1.29 is 4.79 Å². The summed E-state index contributed by atoms with van der Waals surface area (Å²) in [4.78, 5) is 11.9. The Labute approximate surface area is 177 Å². The van der Waals surface area contributed by atoms with E-state index < -0.39 is 0 Å². The lowest BCUT2D eigenvalue weighted by atomic mass is 10.0. The molecule has 1 amide bonds. The molecule has 0 aromatic rings. The Bertz CT molecular complexity index is 298. The van der Waals surface area contributed by atoms with Crippen LogP contribution in [0.5, 0.6) is 0 Å². The van der Waals surface area contributed by atoms with E-state index in [1.165, 1.54) is 135 Å². The maximum atomic E-state index is 11.9. The van der Waals surface area contributed by atoms with Crippen LogP contribution in [-0.4, -0.2) is 12.5 Å². The van der Waals surface area contributed by atoms with Gasteiger partial charge in [-0.05, 0) is 12.8 Å². The number of carbonyl (C=O) groups excluding carboxylic acids is 1. The highest BCUT2D eigenvalue weighted by molar-refractivity contribution is 5.75. The fourth-order valence-corrected chi connectivity index (χ4v) is 4.44. The molecule has 1 heterocycles. The van der Waals surface area contributed by atoms with Crippen LogP contribution in [0, 0.1) is 0 Å². The van der Waals surface area contributed by atoms with Gasteiger partial charge in [0.1, 0.15) is 0 Å². The predicted octanol–water partition coefficient (Wildman–Crippen LogP) is 8.48. The van der Waals surface area contributed by atoms with E-state index >= 15 is 0 Å². The number of carbonyl (C=O) groups is 1. The van der Waals surface area contributed by atoms with Crippen LogP contribution in [0.4, 0.5) is 0 Å². The van der Waals surface area contributed by atoms with Crippen molar-refractivity contribution >= 4 is 5.91 Å². The summed E-state index contributed by atoms with van der Waals surface area (Å²) >= 11 is 0. The Morgan fingerprint density at radius 1 is 0.357 bits per heavy atom. The molecule has 1 aliphatic rings. The monoisotopic (exact) mass is 393 g/mol. The third-order valence-electron chi connectivity index (χ3n) is 6.40. The van der Waals surface area contributed by atoms with Crippen molar-refractivity contribution in [1.29, 1.82) is 0 Å². The molecule has 1 fully saturated rings. The number of amides is 1. The molecular weight excluding hydrogens is 342 g/mol. The van der Waals surface area contributed by atoms with E-state index in [-0.39, 0.29) is 5.91 Å². The van der Waals surface area contributed by atoms with E-state index in [0.29, 0.717) is 0 Å². The summed E-state index contributed by atoms with van der Waals surface area (Å²) < 4.78 is 0. The van der Waals surface area contributed by atoms with Crippen molar-refractivity contribution in [2.45, 2.75) is 154 Å². The van der Waals surface area contributed by atoms with Crippen LogP contribution in [0.2, 0.25) is 0 Å². The third kappa shape index (κ3) is 18.8. The summed E-state index contributed by atoms with van der Waals surface area (Å²) in [5.74, 6) is 0.275. The number of hydrogen-bond donors (Lipinski definition) is 1. The highest BCUT2D eigenvalue weighted by Gasteiger charge is 2.01. The van der Waals surface area contributed by atoms with Crippen LogP contribution in [-0.2, 0) is 4.79 Å². The first-order valence-electron chi connectivity index (χ1n) is 13.2. The summed E-state index contributed by atoms with van der Waals surface area (Å²) in [7, 11) is 0. The van der Waals surface area contributed by atoms with Crippen LogP contribution in [0.1, 0.15) is 154 Å². The van der Waals surface area contributed by atoms with Crippen LogP contribution in [0.3, 0.4) is 0 Å². The molecule has 0 aromatic carbocycles. The van der Waals surface area contributed by atoms with Gasteiger partial charge in [-0.1, -0.05) is 135 Å². The lowest BCUT2D eigenvalue weighted by Gasteiger charge is -2.06. The molecule has 0 radical (unpaired) electrons. The lowest BCUT2D eigenvalue weighted by Crippen LogP contribution is -2.23. The number of hydrogen-bond acceptors (Lipinski definition) is 1. The van der Waals surface area contributed by atoms with E-state index in [1.807, 2.05) is 0 Å². The molecule has 0 unspecified atom stereocenters. The topological polar surface area (TPSA) is 29.1 Å². The van der Waals surface area contributed by atoms with E-state index in [9.17, 15) is 4.79 Å². The molecule has 0 spiro atoms. The third-order valence-corrected chi connectivity index (χ3v) is 6.40. The quantitative estimate of drug-likeness (QED) is 0.439. The standard InChI is InChI=1S/C26H51NO/c28-26-24-22-20-18-16-14-12-10-8-6-4-2-1-3-5-7-9-11-13-15-17-19-21-23-25-27-26/h1-25H2,(H,27,28). The van der Waals surface area contributed by atoms with E-state index in [4.69, 9.17) is 0 Å². The molecule has 2 heteroatoms. The molecule has 28 heavy (non-hydrogen) atoms. The largest absolute Gasteiger partial charge is 0.356 e. The molecule has 1 saturated heterocycles. The Balaban J connectivity index is 2.07. The van der Waals surface area contributed by atoms with Crippen LogP contribution in [0.15, 0.2) is 0 Å². The minimum absolute atomic E-state index is 0.275. The Hall–Kier alpha value is -0.530. The molecule has 2 nitrogen and oxygen atoms in total. The fourth-order valence-electron chi connectivity index (χ4n) is 4.44. The first-order valence-corrected chi connectivity index (χ1v) is 13.2. The summed E-state index contributed by atoms with van der Waals surface area (Å²) in [6, 6.07) is 0. The van der Waals surface area contributed by atoms with Crippen LogP contribution < -0.4 is 5.32 Å². The average molecular weight is 394 g/mol. The zero-order valence-electron chi connectivity index (χ0n) is 19.1. The Morgan fingerprint density at radius 3 is 0.929 bits per heavy atom. The summed E-state index contributed by atoms with van der Waals surface area (Å²) in [5.41, 5.74) is 0. The molecule has 1 rings (SSSR count). The molecule has 0 bridgehead atoms. The molecule has 0 saturated carbocycles. The minimum Gasteiger partial charge on any atom is -0.356 e. The second kappa shape index (κ2) is 21.2. The predicted molar refractivity (Wildman–Crippen MR) is 124 cm³/mol. The Kier molecular flexibility index (Phi) is 19.3. The summed E-state index contributed by atoms with van der Waals surface area (Å²) in [6.45, 7) is 0.888. The maximum absolute atomic E-state index is 11.9. The highest BCUT2D eigenvalue weighted by atomic mass is 16.1. The normalized spacial score (nSPS) is 23.4. The van der Waals surface area contributed by atoms with Gasteiger partial charge in [0.2, 0.25) is 5.91 Å². The van der Waals surface area contributed by atoms with Gasteiger partial charge < -0.3 is 5.32 Å². The van der Waals surface area contributed by atoms with E-state index in [2.05, 4.69) is 5.32 Å². The van der Waals surface area contributed by atoms with Gasteiger partial charge in [0, 0.05) is 13.0 Å². The van der Waals surface area contributed by atoms with E-state index in [0.717, 1.165) is 25.8 Å². The maximum Gasteiger partial charge on any atom is 0.219 e. The van der Waals surface area contributed by atoms with Crippen LogP contribution in [0.25, 0.3) is 0 Å². The number of nitrogens with one attached hydrogen (secondary N) is 1. The minimum atomic E-state index is 0.275. The average Bonchev–Trinajstić information content (AvgIpc) is 2.70. The molecule has 0 aliphatic carbocycles. The van der Waals surface area contributed by atoms with Crippen molar-refractivity contribution in [2.75, 3.05) is 6.54 Å².